The standard InChI is InChI=1S/C14H19N5O5/c1-14(23-2)10(21)8(5-20)24-13(14)19-4-7(3-18-22)9-11(15)16-6-17-12(9)19/h3-4,6,8,10,13,20-22H,5H2,1-2H3,(H2,15,16,17)/t8?,10?,13-,14?/m1/s1. The minimum Gasteiger partial charge on any atom is -0.411 e. The third-order valence-corrected chi connectivity index (χ3v) is 4.47. The molecule has 1 aliphatic rings. The highest BCUT2D eigenvalue weighted by molar-refractivity contribution is 6.02. The molecule has 0 amide bonds. The summed E-state index contributed by atoms with van der Waals surface area (Å²) in [4.78, 5) is 8.16. The van der Waals surface area contributed by atoms with Crippen molar-refractivity contribution in [2.45, 2.75) is 31.0 Å². The number of rotatable bonds is 4. The van der Waals surface area contributed by atoms with E-state index in [1.165, 1.54) is 19.7 Å². The van der Waals surface area contributed by atoms with Gasteiger partial charge in [0.05, 0.1) is 18.2 Å². The number of fused-ring (bicyclic) bond motifs is 1. The second-order valence-electron chi connectivity index (χ2n) is 5.74. The number of nitrogens with zero attached hydrogens (tertiary/aromatic N) is 4. The molecular formula is C14H19N5O5. The average Bonchev–Trinajstić information content (AvgIpc) is 3.06. The van der Waals surface area contributed by atoms with E-state index in [2.05, 4.69) is 15.1 Å². The van der Waals surface area contributed by atoms with E-state index < -0.39 is 24.0 Å². The van der Waals surface area contributed by atoms with Gasteiger partial charge in [0.15, 0.2) is 6.23 Å². The molecular weight excluding hydrogens is 318 g/mol. The monoisotopic (exact) mass is 337 g/mol. The average molecular weight is 337 g/mol. The summed E-state index contributed by atoms with van der Waals surface area (Å²) >= 11 is 0. The van der Waals surface area contributed by atoms with Gasteiger partial charge in [0.1, 0.15) is 35.6 Å². The summed E-state index contributed by atoms with van der Waals surface area (Å²) in [6.07, 6.45) is 1.47. The minimum absolute atomic E-state index is 0.213. The smallest absolute Gasteiger partial charge is 0.167 e. The number of nitrogens with two attached hydrogens (primary N) is 1. The quantitative estimate of drug-likeness (QED) is 0.331. The van der Waals surface area contributed by atoms with Crippen LogP contribution in [0.15, 0.2) is 17.7 Å². The molecule has 5 N–H and O–H groups in total. The van der Waals surface area contributed by atoms with Crippen molar-refractivity contribution in [2.75, 3.05) is 19.5 Å². The summed E-state index contributed by atoms with van der Waals surface area (Å²) in [5.74, 6) is 0.213. The van der Waals surface area contributed by atoms with E-state index in [4.69, 9.17) is 20.4 Å². The molecule has 1 saturated heterocycles. The molecule has 3 rings (SSSR count). The Hall–Kier alpha value is -2.27. The van der Waals surface area contributed by atoms with Crippen LogP contribution in [0.25, 0.3) is 11.0 Å². The normalized spacial score (nSPS) is 30.6. The summed E-state index contributed by atoms with van der Waals surface area (Å²) < 4.78 is 12.9. The molecule has 1 aliphatic heterocycles. The number of hydrogen-bond donors (Lipinski definition) is 4. The number of anilines is 1. The summed E-state index contributed by atoms with van der Waals surface area (Å²) in [5.41, 5.74) is 5.69. The Balaban J connectivity index is 2.21. The molecule has 10 nitrogen and oxygen atoms in total. The Bertz CT molecular complexity index is 778. The second kappa shape index (κ2) is 5.98. The number of nitrogen functional groups attached to an aromatic ring is 1. The van der Waals surface area contributed by atoms with Gasteiger partial charge in [-0.3, -0.25) is 0 Å². The fourth-order valence-corrected chi connectivity index (χ4v) is 3.07. The molecule has 1 fully saturated rings. The van der Waals surface area contributed by atoms with E-state index in [9.17, 15) is 10.2 Å². The Labute approximate surface area is 137 Å². The summed E-state index contributed by atoms with van der Waals surface area (Å²) in [6.45, 7) is 1.31. The lowest BCUT2D eigenvalue weighted by Crippen LogP contribution is -2.46. The number of oxime groups is 1. The zero-order valence-electron chi connectivity index (χ0n) is 13.2. The van der Waals surface area contributed by atoms with Gasteiger partial charge in [0.2, 0.25) is 0 Å². The van der Waals surface area contributed by atoms with Gasteiger partial charge in [-0.2, -0.15) is 0 Å². The van der Waals surface area contributed by atoms with Crippen LogP contribution >= 0.6 is 0 Å². The van der Waals surface area contributed by atoms with Gasteiger partial charge in [-0.05, 0) is 6.92 Å². The van der Waals surface area contributed by atoms with Crippen molar-refractivity contribution in [3.8, 4) is 0 Å². The Morgan fingerprint density at radius 2 is 2.29 bits per heavy atom. The van der Waals surface area contributed by atoms with Crippen LogP contribution < -0.4 is 5.73 Å². The molecule has 3 unspecified atom stereocenters. The molecule has 24 heavy (non-hydrogen) atoms. The van der Waals surface area contributed by atoms with Gasteiger partial charge in [0, 0.05) is 18.9 Å². The maximum Gasteiger partial charge on any atom is 0.167 e. The van der Waals surface area contributed by atoms with Crippen molar-refractivity contribution >= 4 is 23.1 Å². The lowest BCUT2D eigenvalue weighted by molar-refractivity contribution is -0.118. The number of aliphatic hydroxyl groups is 2. The van der Waals surface area contributed by atoms with E-state index in [1.807, 2.05) is 0 Å². The van der Waals surface area contributed by atoms with Crippen molar-refractivity contribution < 1.29 is 24.9 Å². The first-order valence-corrected chi connectivity index (χ1v) is 7.25. The van der Waals surface area contributed by atoms with Gasteiger partial charge >= 0.3 is 0 Å². The molecule has 0 spiro atoms. The van der Waals surface area contributed by atoms with Gasteiger partial charge < -0.3 is 35.2 Å². The first-order chi connectivity index (χ1) is 11.5. The fourth-order valence-electron chi connectivity index (χ4n) is 3.07. The molecule has 10 heteroatoms. The zero-order valence-corrected chi connectivity index (χ0v) is 13.2. The molecule has 2 aromatic heterocycles. The van der Waals surface area contributed by atoms with Crippen LogP contribution in [0.4, 0.5) is 5.82 Å². The minimum atomic E-state index is -1.13. The van der Waals surface area contributed by atoms with E-state index in [1.54, 1.807) is 17.7 Å². The number of hydrogen-bond acceptors (Lipinski definition) is 9. The van der Waals surface area contributed by atoms with Gasteiger partial charge in [-0.1, -0.05) is 5.16 Å². The lowest BCUT2D eigenvalue weighted by Gasteiger charge is -2.31. The SMILES string of the molecule is COC1(C)C(O)C(CO)O[C@H]1n1cc(C=NO)c2c(N)ncnc21. The van der Waals surface area contributed by atoms with Crippen LogP contribution in [0.2, 0.25) is 0 Å². The van der Waals surface area contributed by atoms with Crippen molar-refractivity contribution in [1.82, 2.24) is 14.5 Å². The Morgan fingerprint density at radius 3 is 2.92 bits per heavy atom. The predicted octanol–water partition coefficient (Wildman–Crippen LogP) is -0.523. The number of aromatic nitrogens is 3. The second-order valence-corrected chi connectivity index (χ2v) is 5.74. The molecule has 0 aromatic carbocycles. The van der Waals surface area contributed by atoms with Crippen molar-refractivity contribution in [3.05, 3.63) is 18.1 Å². The summed E-state index contributed by atoms with van der Waals surface area (Å²) in [5, 5.41) is 32.2. The molecule has 0 radical (unpaired) electrons. The van der Waals surface area contributed by atoms with Gasteiger partial charge in [0.25, 0.3) is 0 Å². The zero-order chi connectivity index (χ0) is 17.5. The molecule has 2 aromatic rings. The predicted molar refractivity (Wildman–Crippen MR) is 83.7 cm³/mol. The molecule has 0 bridgehead atoms. The maximum atomic E-state index is 10.4. The highest BCUT2D eigenvalue weighted by Gasteiger charge is 2.54. The summed E-state index contributed by atoms with van der Waals surface area (Å²) in [6, 6.07) is 0. The highest BCUT2D eigenvalue weighted by Crippen LogP contribution is 2.42. The van der Waals surface area contributed by atoms with Crippen molar-refractivity contribution in [1.29, 1.82) is 0 Å². The number of methoxy groups -OCH3 is 1. The van der Waals surface area contributed by atoms with Crippen molar-refractivity contribution in [3.63, 3.8) is 0 Å². The van der Waals surface area contributed by atoms with Crippen LogP contribution in [0, 0.1) is 0 Å². The van der Waals surface area contributed by atoms with Gasteiger partial charge in [-0.25, -0.2) is 9.97 Å². The largest absolute Gasteiger partial charge is 0.411 e. The Kier molecular flexibility index (Phi) is 4.13. The van der Waals surface area contributed by atoms with E-state index >= 15 is 0 Å². The van der Waals surface area contributed by atoms with Crippen LogP contribution in [-0.4, -0.2) is 67.7 Å². The molecule has 4 atom stereocenters. The fraction of sp³-hybridized carbons (Fsp3) is 0.500. The van der Waals surface area contributed by atoms with Gasteiger partial charge in [-0.15, -0.1) is 0 Å². The first kappa shape index (κ1) is 16.6. The van der Waals surface area contributed by atoms with Crippen LogP contribution in [0.5, 0.6) is 0 Å². The molecule has 0 aliphatic carbocycles. The number of aliphatic hydroxyl groups excluding tert-OH is 2. The summed E-state index contributed by atoms with van der Waals surface area (Å²) in [7, 11) is 1.45. The van der Waals surface area contributed by atoms with E-state index in [-0.39, 0.29) is 12.4 Å². The van der Waals surface area contributed by atoms with E-state index in [0.29, 0.717) is 16.6 Å². The molecule has 130 valence electrons. The Morgan fingerprint density at radius 1 is 1.54 bits per heavy atom. The third-order valence-electron chi connectivity index (χ3n) is 4.47. The van der Waals surface area contributed by atoms with Crippen molar-refractivity contribution in [2.24, 2.45) is 5.16 Å². The van der Waals surface area contributed by atoms with E-state index in [0.717, 1.165) is 0 Å². The molecule has 3 heterocycles. The topological polar surface area (TPSA) is 148 Å². The number of ether oxygens (including phenoxy) is 2. The third kappa shape index (κ3) is 2.23. The molecule has 0 saturated carbocycles. The van der Waals surface area contributed by atoms with Crippen LogP contribution in [0.1, 0.15) is 18.7 Å². The maximum absolute atomic E-state index is 10.4. The first-order valence-electron chi connectivity index (χ1n) is 7.25. The van der Waals surface area contributed by atoms with Crippen LogP contribution in [-0.2, 0) is 9.47 Å². The highest BCUT2D eigenvalue weighted by atomic mass is 16.6. The lowest BCUT2D eigenvalue weighted by atomic mass is 9.96. The van der Waals surface area contributed by atoms with Crippen LogP contribution in [0.3, 0.4) is 0 Å².